The molecule has 2 heterocycles. The van der Waals surface area contributed by atoms with Crippen molar-refractivity contribution in [3.05, 3.63) is 84.7 Å². The minimum Gasteiger partial charge on any atom is -0.497 e. The molecule has 4 rings (SSSR count). The molecular weight excluding hydrogens is 380 g/mol. The lowest BCUT2D eigenvalue weighted by atomic mass is 10.1. The van der Waals surface area contributed by atoms with Crippen LogP contribution in [0.2, 0.25) is 0 Å². The number of ether oxygens (including phenoxy) is 1. The Hall–Kier alpha value is -4.26. The van der Waals surface area contributed by atoms with Crippen molar-refractivity contribution in [3.63, 3.8) is 0 Å². The highest BCUT2D eigenvalue weighted by atomic mass is 16.5. The highest BCUT2D eigenvalue weighted by Gasteiger charge is 2.14. The quantitative estimate of drug-likeness (QED) is 0.482. The fourth-order valence-electron chi connectivity index (χ4n) is 2.79. The van der Waals surface area contributed by atoms with E-state index in [-0.39, 0.29) is 5.91 Å². The molecule has 0 bridgehead atoms. The lowest BCUT2D eigenvalue weighted by Gasteiger charge is -2.06. The molecule has 1 amide bonds. The molecule has 0 saturated heterocycles. The molecular formula is C23H18N4O3. The van der Waals surface area contributed by atoms with Gasteiger partial charge in [-0.05, 0) is 48.0 Å². The zero-order valence-corrected chi connectivity index (χ0v) is 16.1. The summed E-state index contributed by atoms with van der Waals surface area (Å²) in [6, 6.07) is 18.3. The number of rotatable bonds is 6. The van der Waals surface area contributed by atoms with E-state index >= 15 is 0 Å². The molecule has 0 fully saturated rings. The molecule has 7 nitrogen and oxygen atoms in total. The first-order valence-electron chi connectivity index (χ1n) is 9.19. The molecule has 0 aliphatic heterocycles. The van der Waals surface area contributed by atoms with Crippen LogP contribution in [0.15, 0.2) is 83.7 Å². The number of benzene rings is 2. The second kappa shape index (κ2) is 8.83. The summed E-state index contributed by atoms with van der Waals surface area (Å²) in [5, 5.41) is 6.88. The third kappa shape index (κ3) is 4.41. The highest BCUT2D eigenvalue weighted by Crippen LogP contribution is 2.28. The zero-order valence-electron chi connectivity index (χ0n) is 16.1. The molecule has 0 unspecified atom stereocenters. The van der Waals surface area contributed by atoms with Crippen LogP contribution in [0.3, 0.4) is 0 Å². The van der Waals surface area contributed by atoms with E-state index in [0.717, 1.165) is 16.9 Å². The number of nitrogens with zero attached hydrogens (tertiary/aromatic N) is 3. The van der Waals surface area contributed by atoms with Gasteiger partial charge in [-0.25, -0.2) is 0 Å². The average molecular weight is 398 g/mol. The van der Waals surface area contributed by atoms with Crippen molar-refractivity contribution in [2.75, 3.05) is 12.4 Å². The summed E-state index contributed by atoms with van der Waals surface area (Å²) in [6.45, 7) is 0. The van der Waals surface area contributed by atoms with Crippen LogP contribution in [-0.4, -0.2) is 28.1 Å². The maximum Gasteiger partial charge on any atom is 0.260 e. The molecule has 0 aliphatic rings. The first kappa shape index (κ1) is 19.1. The van der Waals surface area contributed by atoms with Crippen molar-refractivity contribution in [2.24, 2.45) is 0 Å². The third-order valence-electron chi connectivity index (χ3n) is 4.32. The van der Waals surface area contributed by atoms with Gasteiger partial charge in [0.05, 0.1) is 18.4 Å². The van der Waals surface area contributed by atoms with Crippen LogP contribution in [0.5, 0.6) is 5.75 Å². The highest BCUT2D eigenvalue weighted by molar-refractivity contribution is 6.03. The summed E-state index contributed by atoms with van der Waals surface area (Å²) in [7, 11) is 1.61. The van der Waals surface area contributed by atoms with E-state index < -0.39 is 0 Å². The smallest absolute Gasteiger partial charge is 0.260 e. The van der Waals surface area contributed by atoms with Gasteiger partial charge in [0.2, 0.25) is 11.7 Å². The van der Waals surface area contributed by atoms with Crippen molar-refractivity contribution in [1.29, 1.82) is 0 Å². The number of aromatic nitrogens is 3. The summed E-state index contributed by atoms with van der Waals surface area (Å²) in [6.07, 6.45) is 6.52. The fraction of sp³-hybridized carbons (Fsp3) is 0.0435. The minimum atomic E-state index is -0.271. The molecule has 0 saturated carbocycles. The van der Waals surface area contributed by atoms with Crippen molar-refractivity contribution >= 4 is 17.7 Å². The standard InChI is InChI=1S/C23H18N4O3/c1-29-18-9-6-16(7-10-18)8-11-21(28)25-20-5-3-2-4-19(20)23-26-22(27-30-23)17-12-14-24-15-13-17/h2-15H,1H3,(H,25,28)/b11-8+. The lowest BCUT2D eigenvalue weighted by molar-refractivity contribution is -0.111. The molecule has 4 aromatic rings. The van der Waals surface area contributed by atoms with Crippen LogP contribution in [0.1, 0.15) is 5.56 Å². The van der Waals surface area contributed by atoms with Gasteiger partial charge in [0, 0.05) is 24.0 Å². The van der Waals surface area contributed by atoms with E-state index in [0.29, 0.717) is 23.0 Å². The molecule has 1 N–H and O–H groups in total. The number of nitrogens with one attached hydrogen (secondary N) is 1. The van der Waals surface area contributed by atoms with Crippen LogP contribution in [0, 0.1) is 0 Å². The Bertz CT molecular complexity index is 1170. The number of carbonyl (C=O) groups excluding carboxylic acids is 1. The second-order valence-corrected chi connectivity index (χ2v) is 6.30. The Balaban J connectivity index is 1.51. The summed E-state index contributed by atoms with van der Waals surface area (Å²) in [4.78, 5) is 20.8. The summed E-state index contributed by atoms with van der Waals surface area (Å²) in [5.74, 6) is 1.26. The summed E-state index contributed by atoms with van der Waals surface area (Å²) >= 11 is 0. The molecule has 0 aliphatic carbocycles. The van der Waals surface area contributed by atoms with Crippen LogP contribution in [-0.2, 0) is 4.79 Å². The first-order chi connectivity index (χ1) is 14.7. The Morgan fingerprint density at radius 3 is 2.57 bits per heavy atom. The Labute approximate surface area is 173 Å². The van der Waals surface area contributed by atoms with Gasteiger partial charge in [-0.1, -0.05) is 29.4 Å². The Morgan fingerprint density at radius 1 is 1.03 bits per heavy atom. The van der Waals surface area contributed by atoms with E-state index in [1.165, 1.54) is 6.08 Å². The van der Waals surface area contributed by atoms with E-state index in [1.807, 2.05) is 42.5 Å². The third-order valence-corrected chi connectivity index (χ3v) is 4.32. The largest absolute Gasteiger partial charge is 0.497 e. The van der Waals surface area contributed by atoms with Crippen molar-refractivity contribution in [1.82, 2.24) is 15.1 Å². The van der Waals surface area contributed by atoms with Crippen LogP contribution in [0.4, 0.5) is 5.69 Å². The van der Waals surface area contributed by atoms with Gasteiger partial charge in [-0.2, -0.15) is 4.98 Å². The average Bonchev–Trinajstić information content (AvgIpc) is 3.29. The van der Waals surface area contributed by atoms with Gasteiger partial charge < -0.3 is 14.6 Å². The Morgan fingerprint density at radius 2 is 1.80 bits per heavy atom. The SMILES string of the molecule is COc1ccc(/C=C/C(=O)Nc2ccccc2-c2nc(-c3ccncc3)no2)cc1. The molecule has 0 radical (unpaired) electrons. The number of carbonyl (C=O) groups is 1. The number of pyridine rings is 1. The van der Waals surface area contributed by atoms with E-state index in [4.69, 9.17) is 9.26 Å². The van der Waals surface area contributed by atoms with Crippen LogP contribution < -0.4 is 10.1 Å². The van der Waals surface area contributed by atoms with Gasteiger partial charge in [0.1, 0.15) is 5.75 Å². The summed E-state index contributed by atoms with van der Waals surface area (Å²) < 4.78 is 10.5. The molecule has 148 valence electrons. The lowest BCUT2D eigenvalue weighted by Crippen LogP contribution is -2.08. The normalized spacial score (nSPS) is 10.8. The summed E-state index contributed by atoms with van der Waals surface area (Å²) in [5.41, 5.74) is 2.89. The van der Waals surface area contributed by atoms with Crippen molar-refractivity contribution in [2.45, 2.75) is 0 Å². The molecule has 30 heavy (non-hydrogen) atoms. The van der Waals surface area contributed by atoms with Gasteiger partial charge >= 0.3 is 0 Å². The van der Waals surface area contributed by atoms with Crippen molar-refractivity contribution in [3.8, 4) is 28.6 Å². The van der Waals surface area contributed by atoms with Gasteiger partial charge in [-0.3, -0.25) is 9.78 Å². The second-order valence-electron chi connectivity index (χ2n) is 6.30. The number of hydrogen-bond acceptors (Lipinski definition) is 6. The predicted molar refractivity (Wildman–Crippen MR) is 114 cm³/mol. The van der Waals surface area contributed by atoms with E-state index in [9.17, 15) is 4.79 Å². The predicted octanol–water partition coefficient (Wildman–Crippen LogP) is 4.46. The Kier molecular flexibility index (Phi) is 5.61. The molecule has 7 heteroatoms. The van der Waals surface area contributed by atoms with E-state index in [2.05, 4.69) is 20.4 Å². The topological polar surface area (TPSA) is 90.1 Å². The number of anilines is 1. The number of para-hydroxylation sites is 1. The van der Waals surface area contributed by atoms with Gasteiger partial charge in [0.15, 0.2) is 0 Å². The molecule has 0 spiro atoms. The maximum absolute atomic E-state index is 12.4. The van der Waals surface area contributed by atoms with Crippen LogP contribution in [0.25, 0.3) is 28.9 Å². The number of amides is 1. The molecule has 2 aromatic heterocycles. The zero-order chi connectivity index (χ0) is 20.8. The first-order valence-corrected chi connectivity index (χ1v) is 9.19. The van der Waals surface area contributed by atoms with Crippen LogP contribution >= 0.6 is 0 Å². The van der Waals surface area contributed by atoms with E-state index in [1.54, 1.807) is 43.8 Å². The minimum absolute atomic E-state index is 0.271. The monoisotopic (exact) mass is 398 g/mol. The van der Waals surface area contributed by atoms with Gasteiger partial charge in [0.25, 0.3) is 5.89 Å². The maximum atomic E-state index is 12.4. The van der Waals surface area contributed by atoms with Crippen molar-refractivity contribution < 1.29 is 14.1 Å². The van der Waals surface area contributed by atoms with Gasteiger partial charge in [-0.15, -0.1) is 0 Å². The fourth-order valence-corrected chi connectivity index (χ4v) is 2.79. The molecule has 2 aromatic carbocycles. The number of methoxy groups -OCH3 is 1. The molecule has 0 atom stereocenters. The number of hydrogen-bond donors (Lipinski definition) is 1.